The molecule has 0 N–H and O–H groups in total. The van der Waals surface area contributed by atoms with Gasteiger partial charge in [0.05, 0.1) is 5.54 Å². The van der Waals surface area contributed by atoms with E-state index in [0.29, 0.717) is 5.92 Å². The first-order chi connectivity index (χ1) is 10.8. The number of piperidine rings is 1. The lowest BCUT2D eigenvalue weighted by molar-refractivity contribution is -0.316. The Hall–Kier alpha value is -1.12. The van der Waals surface area contributed by atoms with Crippen LogP contribution in [0.2, 0.25) is 0 Å². The number of rotatable bonds is 5. The molecular formula is C21H33NO. The Morgan fingerprint density at radius 2 is 1.83 bits per heavy atom. The first-order valence-electron chi connectivity index (χ1n) is 8.98. The van der Waals surface area contributed by atoms with Crippen LogP contribution in [0, 0.1) is 5.92 Å². The number of nitrogens with zero attached hydrogens (tertiary/aromatic N) is 1. The monoisotopic (exact) mass is 315 g/mol. The maximum Gasteiger partial charge on any atom is 0.102 e. The molecule has 2 nitrogen and oxygen atoms in total. The zero-order valence-electron chi connectivity index (χ0n) is 15.7. The Morgan fingerprint density at radius 1 is 1.22 bits per heavy atom. The average Bonchev–Trinajstić information content (AvgIpc) is 2.57. The van der Waals surface area contributed by atoms with Gasteiger partial charge in [-0.15, -0.1) is 0 Å². The molecule has 4 unspecified atom stereocenters. The fraction of sp³-hybridized carbons (Fsp3) is 0.619. The Morgan fingerprint density at radius 3 is 2.35 bits per heavy atom. The summed E-state index contributed by atoms with van der Waals surface area (Å²) in [6.07, 6.45) is 3.15. The van der Waals surface area contributed by atoms with E-state index < -0.39 is 0 Å². The minimum atomic E-state index is -0.0247. The van der Waals surface area contributed by atoms with Gasteiger partial charge in [-0.2, -0.15) is 5.06 Å². The van der Waals surface area contributed by atoms with Crippen LogP contribution >= 0.6 is 0 Å². The summed E-state index contributed by atoms with van der Waals surface area (Å²) in [5.74, 6) is 0.426. The van der Waals surface area contributed by atoms with Crippen molar-refractivity contribution in [3.8, 4) is 0 Å². The molecule has 1 aliphatic rings. The fourth-order valence-electron chi connectivity index (χ4n) is 3.86. The van der Waals surface area contributed by atoms with Gasteiger partial charge in [0.2, 0.25) is 0 Å². The predicted molar refractivity (Wildman–Crippen MR) is 98.1 cm³/mol. The standard InChI is InChI=1S/C21H33NO/c1-8-20(6)15-16(3)17(4)21(7,9-2)22(20)23-18(5)19-13-11-10-12-14-19/h10-14,17-18H,3,8-9,15H2,1-2,4-7H3. The zero-order valence-corrected chi connectivity index (χ0v) is 15.7. The van der Waals surface area contributed by atoms with E-state index >= 15 is 0 Å². The van der Waals surface area contributed by atoms with E-state index in [0.717, 1.165) is 19.3 Å². The molecule has 1 saturated heterocycles. The molecule has 4 atom stereocenters. The minimum Gasteiger partial charge on any atom is -0.290 e. The highest BCUT2D eigenvalue weighted by Crippen LogP contribution is 2.48. The van der Waals surface area contributed by atoms with E-state index in [4.69, 9.17) is 4.84 Å². The summed E-state index contributed by atoms with van der Waals surface area (Å²) in [6, 6.07) is 10.5. The summed E-state index contributed by atoms with van der Waals surface area (Å²) >= 11 is 0. The molecule has 0 amide bonds. The van der Waals surface area contributed by atoms with Crippen LogP contribution in [-0.4, -0.2) is 16.1 Å². The van der Waals surface area contributed by atoms with Crippen LogP contribution in [0.15, 0.2) is 42.5 Å². The van der Waals surface area contributed by atoms with E-state index in [2.05, 4.69) is 83.5 Å². The molecule has 23 heavy (non-hydrogen) atoms. The summed E-state index contributed by atoms with van der Waals surface area (Å²) in [7, 11) is 0. The van der Waals surface area contributed by atoms with Crippen molar-refractivity contribution in [1.29, 1.82) is 0 Å². The third kappa shape index (κ3) is 3.25. The second kappa shape index (κ2) is 6.78. The molecule has 1 aliphatic heterocycles. The third-order valence-electron chi connectivity index (χ3n) is 6.12. The van der Waals surface area contributed by atoms with E-state index in [1.165, 1.54) is 11.1 Å². The summed E-state index contributed by atoms with van der Waals surface area (Å²) in [5.41, 5.74) is 2.55. The van der Waals surface area contributed by atoms with Crippen molar-refractivity contribution in [2.24, 2.45) is 5.92 Å². The van der Waals surface area contributed by atoms with Crippen LogP contribution < -0.4 is 0 Å². The molecular weight excluding hydrogens is 282 g/mol. The van der Waals surface area contributed by atoms with Gasteiger partial charge in [0, 0.05) is 5.54 Å². The normalized spacial score (nSPS) is 33.7. The molecule has 1 heterocycles. The van der Waals surface area contributed by atoms with Gasteiger partial charge in [-0.3, -0.25) is 4.84 Å². The molecule has 0 aromatic heterocycles. The largest absolute Gasteiger partial charge is 0.290 e. The molecule has 2 rings (SSSR count). The lowest BCUT2D eigenvalue weighted by Crippen LogP contribution is -2.64. The molecule has 0 radical (unpaired) electrons. The quantitative estimate of drug-likeness (QED) is 0.626. The zero-order chi connectivity index (χ0) is 17.3. The number of hydroxylamine groups is 2. The van der Waals surface area contributed by atoms with Crippen molar-refractivity contribution in [3.05, 3.63) is 48.0 Å². The van der Waals surface area contributed by atoms with Crippen molar-refractivity contribution < 1.29 is 4.84 Å². The fourth-order valence-corrected chi connectivity index (χ4v) is 3.86. The molecule has 0 spiro atoms. The highest BCUT2D eigenvalue weighted by molar-refractivity contribution is 5.20. The second-order valence-corrected chi connectivity index (χ2v) is 7.57. The van der Waals surface area contributed by atoms with Crippen molar-refractivity contribution in [2.45, 2.75) is 78.0 Å². The maximum absolute atomic E-state index is 6.60. The smallest absolute Gasteiger partial charge is 0.102 e. The summed E-state index contributed by atoms with van der Waals surface area (Å²) in [5, 5.41) is 2.32. The van der Waals surface area contributed by atoms with Crippen LogP contribution in [0.4, 0.5) is 0 Å². The van der Waals surface area contributed by atoms with Crippen LogP contribution in [0.1, 0.15) is 72.5 Å². The van der Waals surface area contributed by atoms with Gasteiger partial charge in [-0.05, 0) is 51.5 Å². The van der Waals surface area contributed by atoms with Crippen molar-refractivity contribution >= 4 is 0 Å². The SMILES string of the molecule is C=C1CC(C)(CC)N(OC(C)c2ccccc2)C(C)(CC)C1C. The van der Waals surface area contributed by atoms with Gasteiger partial charge in [-0.1, -0.05) is 63.3 Å². The van der Waals surface area contributed by atoms with Gasteiger partial charge in [0.1, 0.15) is 6.10 Å². The third-order valence-corrected chi connectivity index (χ3v) is 6.12. The van der Waals surface area contributed by atoms with Gasteiger partial charge in [0.25, 0.3) is 0 Å². The van der Waals surface area contributed by atoms with Crippen LogP contribution in [0.5, 0.6) is 0 Å². The van der Waals surface area contributed by atoms with Gasteiger partial charge in [-0.25, -0.2) is 0 Å². The Kier molecular flexibility index (Phi) is 5.37. The van der Waals surface area contributed by atoms with Gasteiger partial charge in [0.15, 0.2) is 0 Å². The summed E-state index contributed by atoms with van der Waals surface area (Å²) in [4.78, 5) is 6.60. The van der Waals surface area contributed by atoms with Crippen LogP contribution in [0.25, 0.3) is 0 Å². The van der Waals surface area contributed by atoms with Gasteiger partial charge < -0.3 is 0 Å². The van der Waals surface area contributed by atoms with Crippen LogP contribution in [0.3, 0.4) is 0 Å². The van der Waals surface area contributed by atoms with Crippen molar-refractivity contribution in [3.63, 3.8) is 0 Å². The lowest BCUT2D eigenvalue weighted by atomic mass is 9.69. The molecule has 0 aliphatic carbocycles. The van der Waals surface area contributed by atoms with Crippen molar-refractivity contribution in [1.82, 2.24) is 5.06 Å². The molecule has 128 valence electrons. The highest BCUT2D eigenvalue weighted by Gasteiger charge is 2.51. The maximum atomic E-state index is 6.60. The van der Waals surface area contributed by atoms with Crippen molar-refractivity contribution in [2.75, 3.05) is 0 Å². The Bertz CT molecular complexity index is 540. The second-order valence-electron chi connectivity index (χ2n) is 7.57. The number of hydrogen-bond acceptors (Lipinski definition) is 2. The lowest BCUT2D eigenvalue weighted by Gasteiger charge is -2.58. The number of hydrogen-bond donors (Lipinski definition) is 0. The highest BCUT2D eigenvalue weighted by atomic mass is 16.7. The molecule has 0 bridgehead atoms. The van der Waals surface area contributed by atoms with E-state index in [1.54, 1.807) is 0 Å². The molecule has 2 heteroatoms. The minimum absolute atomic E-state index is 0.00259. The molecule has 1 aromatic carbocycles. The number of benzene rings is 1. The Balaban J connectivity index is 2.35. The summed E-state index contributed by atoms with van der Waals surface area (Å²) < 4.78 is 0. The van der Waals surface area contributed by atoms with E-state index in [9.17, 15) is 0 Å². The van der Waals surface area contributed by atoms with Crippen LogP contribution in [-0.2, 0) is 4.84 Å². The predicted octanol–water partition coefficient (Wildman–Crippen LogP) is 5.91. The molecule has 0 saturated carbocycles. The average molecular weight is 316 g/mol. The van der Waals surface area contributed by atoms with Gasteiger partial charge >= 0.3 is 0 Å². The molecule has 1 aromatic rings. The van der Waals surface area contributed by atoms with E-state index in [1.807, 2.05) is 0 Å². The topological polar surface area (TPSA) is 12.5 Å². The first kappa shape index (κ1) is 18.2. The molecule has 1 fully saturated rings. The van der Waals surface area contributed by atoms with E-state index in [-0.39, 0.29) is 17.2 Å². The summed E-state index contributed by atoms with van der Waals surface area (Å²) in [6.45, 7) is 18.0. The Labute approximate surface area is 142 Å². The first-order valence-corrected chi connectivity index (χ1v) is 8.98.